The molecule has 0 saturated heterocycles. The number of halogens is 1. The number of carboxylic acids is 1. The normalized spacial score (nSPS) is 42.4. The van der Waals surface area contributed by atoms with Crippen LogP contribution in [0.1, 0.15) is 112 Å². The summed E-state index contributed by atoms with van der Waals surface area (Å²) in [6.07, 6.45) is 8.18. The first-order valence-electron chi connectivity index (χ1n) is 16.9. The molecule has 1 aromatic carbocycles. The van der Waals surface area contributed by atoms with Crippen LogP contribution >= 0.6 is 15.9 Å². The molecular formula is C39H55BrO4. The van der Waals surface area contributed by atoms with Crippen LogP contribution in [-0.2, 0) is 14.9 Å². The molecule has 1 unspecified atom stereocenters. The summed E-state index contributed by atoms with van der Waals surface area (Å²) < 4.78 is 7.53. The van der Waals surface area contributed by atoms with Gasteiger partial charge < -0.3 is 14.9 Å². The van der Waals surface area contributed by atoms with Crippen LogP contribution < -0.4 is 0 Å². The molecule has 0 amide bonds. The van der Waals surface area contributed by atoms with Crippen molar-refractivity contribution in [2.45, 2.75) is 124 Å². The molecule has 4 aliphatic carbocycles. The highest BCUT2D eigenvalue weighted by Crippen LogP contribution is 2.76. The van der Waals surface area contributed by atoms with Gasteiger partial charge in [0, 0.05) is 10.0 Å². The van der Waals surface area contributed by atoms with E-state index in [1.54, 1.807) is 0 Å². The van der Waals surface area contributed by atoms with E-state index in [1.165, 1.54) is 11.1 Å². The topological polar surface area (TPSA) is 66.8 Å². The Morgan fingerprint density at radius 3 is 2.32 bits per heavy atom. The monoisotopic (exact) mass is 666 g/mol. The SMILES string of the molecule is C=C(C)OC1C[C@@]2(C)[C@@H](C[C@@H](O)[C@H]3[C@@]4(C)CC[C@@H](C)[C@](C)(c5ccc(Br)cc5)[C@H]4CC[C@@]32C)/C1=C(\CCC=C(C)C)C(=O)O. The van der Waals surface area contributed by atoms with Gasteiger partial charge in [-0.1, -0.05) is 80.9 Å². The predicted octanol–water partition coefficient (Wildman–Crippen LogP) is 10.0. The molecule has 0 radical (unpaired) electrons. The smallest absolute Gasteiger partial charge is 0.331 e. The Labute approximate surface area is 274 Å². The zero-order valence-corrected chi connectivity index (χ0v) is 29.9. The van der Waals surface area contributed by atoms with E-state index < -0.39 is 12.1 Å². The molecule has 2 N–H and O–H groups in total. The van der Waals surface area contributed by atoms with E-state index >= 15 is 0 Å². The Morgan fingerprint density at radius 1 is 1.07 bits per heavy atom. The highest BCUT2D eigenvalue weighted by Gasteiger charge is 2.72. The Balaban J connectivity index is 1.61. The molecule has 44 heavy (non-hydrogen) atoms. The van der Waals surface area contributed by atoms with E-state index in [4.69, 9.17) is 4.74 Å². The van der Waals surface area contributed by atoms with E-state index in [0.717, 1.165) is 42.1 Å². The standard InChI is InChI=1S/C39H55BrO4/c1-23(2)11-10-12-28(35(42)43)33-29-21-30(41)34-36(6)19-17-25(5)39(9,26-13-15-27(40)16-14-26)32(36)18-20-37(34,7)38(29,8)22-31(33)44-24(3)4/h11,13-16,25,29-32,34,41H,3,10,12,17-22H2,1-2,4-9H3,(H,42,43)/b33-28-/t25-,29+,30-,31?,32+,34+,36+,37+,38+,39-/m1/s1. The fourth-order valence-corrected chi connectivity index (χ4v) is 11.7. The fourth-order valence-electron chi connectivity index (χ4n) is 11.4. The lowest BCUT2D eigenvalue weighted by molar-refractivity contribution is -0.233. The van der Waals surface area contributed by atoms with Gasteiger partial charge in [0.2, 0.25) is 0 Å². The third-order valence-electron chi connectivity index (χ3n) is 13.6. The predicted molar refractivity (Wildman–Crippen MR) is 182 cm³/mol. The van der Waals surface area contributed by atoms with Crippen LogP contribution in [0.3, 0.4) is 0 Å². The van der Waals surface area contributed by atoms with Gasteiger partial charge in [-0.25, -0.2) is 4.79 Å². The van der Waals surface area contributed by atoms with E-state index in [2.05, 4.69) is 101 Å². The average molecular weight is 668 g/mol. The first-order chi connectivity index (χ1) is 20.5. The van der Waals surface area contributed by atoms with Gasteiger partial charge in [0.1, 0.15) is 6.10 Å². The van der Waals surface area contributed by atoms with Crippen LogP contribution in [0.2, 0.25) is 0 Å². The lowest BCUT2D eigenvalue weighted by Gasteiger charge is -2.71. The van der Waals surface area contributed by atoms with Gasteiger partial charge in [0.25, 0.3) is 0 Å². The van der Waals surface area contributed by atoms with Crippen LogP contribution in [0.25, 0.3) is 0 Å². The number of fused-ring (bicyclic) bond motifs is 5. The highest BCUT2D eigenvalue weighted by atomic mass is 79.9. The van der Waals surface area contributed by atoms with Gasteiger partial charge in [0.05, 0.1) is 11.9 Å². The van der Waals surface area contributed by atoms with Crippen LogP contribution in [0, 0.1) is 39.9 Å². The van der Waals surface area contributed by atoms with Crippen molar-refractivity contribution in [3.8, 4) is 0 Å². The molecule has 242 valence electrons. The molecule has 5 heteroatoms. The van der Waals surface area contributed by atoms with Crippen LogP contribution in [-0.4, -0.2) is 28.4 Å². The molecule has 4 fully saturated rings. The van der Waals surface area contributed by atoms with Gasteiger partial charge >= 0.3 is 5.97 Å². The maximum Gasteiger partial charge on any atom is 0.331 e. The van der Waals surface area contributed by atoms with Crippen molar-refractivity contribution in [3.05, 3.63) is 69.4 Å². The molecule has 0 spiro atoms. The zero-order valence-electron chi connectivity index (χ0n) is 28.3. The number of carboxylic acid groups (broad SMARTS) is 1. The second-order valence-electron chi connectivity index (χ2n) is 16.1. The number of aliphatic hydroxyl groups is 1. The van der Waals surface area contributed by atoms with Crippen molar-refractivity contribution < 1.29 is 19.7 Å². The van der Waals surface area contributed by atoms with Crippen LogP contribution in [0.5, 0.6) is 0 Å². The van der Waals surface area contributed by atoms with Crippen LogP contribution in [0.15, 0.2) is 63.9 Å². The maximum atomic E-state index is 12.9. The number of rotatable bonds is 7. The molecule has 0 aliphatic heterocycles. The van der Waals surface area contributed by atoms with Crippen molar-refractivity contribution in [1.29, 1.82) is 0 Å². The van der Waals surface area contributed by atoms with E-state index in [-0.39, 0.29) is 39.6 Å². The largest absolute Gasteiger partial charge is 0.491 e. The Morgan fingerprint density at radius 2 is 1.73 bits per heavy atom. The van der Waals surface area contributed by atoms with E-state index in [9.17, 15) is 15.0 Å². The maximum absolute atomic E-state index is 12.9. The molecule has 5 rings (SSSR count). The average Bonchev–Trinajstić information content (AvgIpc) is 3.20. The zero-order chi connectivity index (χ0) is 32.4. The number of carbonyl (C=O) groups is 1. The molecule has 10 atom stereocenters. The lowest BCUT2D eigenvalue weighted by atomic mass is 9.34. The Bertz CT molecular complexity index is 1360. The molecule has 0 aromatic heterocycles. The quantitative estimate of drug-likeness (QED) is 0.173. The second-order valence-corrected chi connectivity index (χ2v) is 17.0. The number of ether oxygens (including phenoxy) is 1. The van der Waals surface area contributed by atoms with Gasteiger partial charge in [-0.2, -0.15) is 0 Å². The number of allylic oxidation sites excluding steroid dienone is 3. The first kappa shape index (κ1) is 33.5. The third-order valence-corrected chi connectivity index (χ3v) is 14.2. The molecule has 0 heterocycles. The summed E-state index contributed by atoms with van der Waals surface area (Å²) in [5.74, 6) is 0.843. The second kappa shape index (κ2) is 11.7. The van der Waals surface area contributed by atoms with E-state index in [0.29, 0.717) is 42.4 Å². The molecule has 0 bridgehead atoms. The van der Waals surface area contributed by atoms with Crippen molar-refractivity contribution >= 4 is 21.9 Å². The Kier molecular flexibility index (Phi) is 8.95. The molecule has 4 saturated carbocycles. The van der Waals surface area contributed by atoms with Crippen molar-refractivity contribution in [3.63, 3.8) is 0 Å². The molecular weight excluding hydrogens is 612 g/mol. The van der Waals surface area contributed by atoms with E-state index in [1.807, 2.05) is 6.92 Å². The Hall–Kier alpha value is -1.85. The van der Waals surface area contributed by atoms with Crippen molar-refractivity contribution in [1.82, 2.24) is 0 Å². The summed E-state index contributed by atoms with van der Waals surface area (Å²) in [5.41, 5.74) is 3.60. The fraction of sp³-hybridized carbons (Fsp3) is 0.667. The molecule has 4 nitrogen and oxygen atoms in total. The summed E-state index contributed by atoms with van der Waals surface area (Å²) in [6.45, 7) is 22.3. The van der Waals surface area contributed by atoms with Crippen molar-refractivity contribution in [2.24, 2.45) is 39.9 Å². The minimum atomic E-state index is -0.856. The number of benzene rings is 1. The van der Waals surface area contributed by atoms with Gasteiger partial charge in [-0.3, -0.25) is 0 Å². The summed E-state index contributed by atoms with van der Waals surface area (Å²) in [6, 6.07) is 8.98. The molecule has 1 aromatic rings. The minimum Gasteiger partial charge on any atom is -0.491 e. The van der Waals surface area contributed by atoms with Gasteiger partial charge in [-0.05, 0) is 141 Å². The number of hydrogen-bond acceptors (Lipinski definition) is 3. The number of hydrogen-bond donors (Lipinski definition) is 2. The minimum absolute atomic E-state index is 0.0141. The summed E-state index contributed by atoms with van der Waals surface area (Å²) in [4.78, 5) is 12.9. The summed E-state index contributed by atoms with van der Waals surface area (Å²) in [5, 5.41) is 23.0. The first-order valence-corrected chi connectivity index (χ1v) is 17.7. The van der Waals surface area contributed by atoms with Crippen molar-refractivity contribution in [2.75, 3.05) is 0 Å². The number of aliphatic hydroxyl groups excluding tert-OH is 1. The summed E-state index contributed by atoms with van der Waals surface area (Å²) in [7, 11) is 0. The van der Waals surface area contributed by atoms with Crippen LogP contribution in [0.4, 0.5) is 0 Å². The highest BCUT2D eigenvalue weighted by molar-refractivity contribution is 9.10. The summed E-state index contributed by atoms with van der Waals surface area (Å²) >= 11 is 3.65. The van der Waals surface area contributed by atoms with Gasteiger partial charge in [0.15, 0.2) is 0 Å². The lowest BCUT2D eigenvalue weighted by Crippen LogP contribution is -2.67. The van der Waals surface area contributed by atoms with Gasteiger partial charge in [-0.15, -0.1) is 0 Å². The third kappa shape index (κ3) is 5.07. The molecule has 4 aliphatic rings. The number of aliphatic carboxylic acids is 1.